The molecule has 0 aromatic heterocycles. The van der Waals surface area contributed by atoms with Crippen molar-refractivity contribution >= 4 is 5.78 Å². The molecule has 4 aliphatic rings. The van der Waals surface area contributed by atoms with Crippen LogP contribution in [0.2, 0.25) is 0 Å². The fourth-order valence-corrected chi connectivity index (χ4v) is 6.72. The van der Waals surface area contributed by atoms with Gasteiger partial charge in [0.2, 0.25) is 0 Å². The van der Waals surface area contributed by atoms with E-state index in [1.165, 1.54) is 12.5 Å². The molecule has 0 bridgehead atoms. The Balaban J connectivity index is 1.71. The van der Waals surface area contributed by atoms with Crippen molar-refractivity contribution in [2.24, 2.45) is 28.6 Å². The number of aliphatic hydroxyl groups excluding tert-OH is 1. The van der Waals surface area contributed by atoms with Crippen molar-refractivity contribution in [3.8, 4) is 0 Å². The summed E-state index contributed by atoms with van der Waals surface area (Å²) < 4.78 is 14.8. The summed E-state index contributed by atoms with van der Waals surface area (Å²) in [4.78, 5) is 12.6. The average Bonchev–Trinajstić information content (AvgIpc) is 2.68. The van der Waals surface area contributed by atoms with Gasteiger partial charge in [-0.25, -0.2) is 4.39 Å². The molecular formula is C20H29FO2. The molecule has 3 saturated carbocycles. The summed E-state index contributed by atoms with van der Waals surface area (Å²) in [5.41, 5.74) is -0.516. The van der Waals surface area contributed by atoms with Crippen LogP contribution in [0.5, 0.6) is 0 Å². The number of allylic oxidation sites excluding steroid dienone is 1. The zero-order valence-corrected chi connectivity index (χ0v) is 14.6. The van der Waals surface area contributed by atoms with E-state index in [4.69, 9.17) is 0 Å². The summed E-state index contributed by atoms with van der Waals surface area (Å²) in [6.07, 6.45) is 8.09. The highest BCUT2D eigenvalue weighted by Gasteiger charge is 2.64. The lowest BCUT2D eigenvalue weighted by Gasteiger charge is -2.56. The molecule has 2 nitrogen and oxygen atoms in total. The molecule has 0 heterocycles. The number of aliphatic hydroxyl groups is 1. The van der Waals surface area contributed by atoms with Crippen molar-refractivity contribution in [1.29, 1.82) is 0 Å². The van der Waals surface area contributed by atoms with Crippen molar-refractivity contribution in [3.05, 3.63) is 11.6 Å². The fraction of sp³-hybridized carbons (Fsp3) is 0.850. The average molecular weight is 320 g/mol. The predicted molar refractivity (Wildman–Crippen MR) is 87.6 cm³/mol. The third kappa shape index (κ3) is 1.98. The van der Waals surface area contributed by atoms with E-state index in [2.05, 4.69) is 13.0 Å². The van der Waals surface area contributed by atoms with Crippen LogP contribution in [0.1, 0.15) is 65.7 Å². The number of carbonyl (C=O) groups is 1. The second-order valence-corrected chi connectivity index (χ2v) is 9.34. The van der Waals surface area contributed by atoms with Gasteiger partial charge in [0.15, 0.2) is 11.5 Å². The van der Waals surface area contributed by atoms with Crippen molar-refractivity contribution in [3.63, 3.8) is 0 Å². The summed E-state index contributed by atoms with van der Waals surface area (Å²) in [6, 6.07) is 0. The Kier molecular flexibility index (Phi) is 3.22. The number of hydrogen-bond donors (Lipinski definition) is 1. The van der Waals surface area contributed by atoms with E-state index in [-0.39, 0.29) is 23.2 Å². The molecular weight excluding hydrogens is 291 g/mol. The largest absolute Gasteiger partial charge is 0.393 e. The fourth-order valence-electron chi connectivity index (χ4n) is 6.72. The van der Waals surface area contributed by atoms with Crippen LogP contribution >= 0.6 is 0 Å². The summed E-state index contributed by atoms with van der Waals surface area (Å²) in [7, 11) is 0. The van der Waals surface area contributed by atoms with Gasteiger partial charge in [-0.1, -0.05) is 25.5 Å². The van der Waals surface area contributed by atoms with Gasteiger partial charge in [0.05, 0.1) is 6.10 Å². The molecule has 0 aliphatic heterocycles. The molecule has 0 radical (unpaired) electrons. The van der Waals surface area contributed by atoms with Gasteiger partial charge in [-0.3, -0.25) is 4.79 Å². The summed E-state index contributed by atoms with van der Waals surface area (Å²) in [5.74, 6) is 1.02. The first-order valence-electron chi connectivity index (χ1n) is 9.30. The maximum Gasteiger partial charge on any atom is 0.175 e. The number of fused-ring (bicyclic) bond motifs is 5. The van der Waals surface area contributed by atoms with Crippen LogP contribution in [0.25, 0.3) is 0 Å². The van der Waals surface area contributed by atoms with E-state index in [0.29, 0.717) is 18.3 Å². The number of hydrogen-bond acceptors (Lipinski definition) is 2. The predicted octanol–water partition coefficient (Wildman–Crippen LogP) is 4.22. The first-order valence-corrected chi connectivity index (χ1v) is 9.30. The van der Waals surface area contributed by atoms with Crippen LogP contribution in [0, 0.1) is 28.6 Å². The van der Waals surface area contributed by atoms with Gasteiger partial charge in [-0.2, -0.15) is 0 Å². The van der Waals surface area contributed by atoms with Crippen LogP contribution in [0.4, 0.5) is 4.39 Å². The standard InChI is InChI=1S/C20H29FO2/c1-18-8-6-13(22)10-12(18)4-5-14-15(18)7-9-19(2)16(14)11-20(3,21)17(19)23/h4,13-16,22H,5-11H2,1-3H3/t13?,14-,15-,16+,18+,19+,20?/m1/s1. The SMILES string of the molecule is CC1(F)C[C@H]2[C@@H]3CC=C4CC(O)CC[C@]4(C)[C@@H]3CC[C@]2(C)C1=O. The Hall–Kier alpha value is -0.700. The molecule has 4 rings (SSSR count). The molecule has 23 heavy (non-hydrogen) atoms. The Morgan fingerprint density at radius 3 is 2.57 bits per heavy atom. The van der Waals surface area contributed by atoms with Crippen molar-refractivity contribution in [1.82, 2.24) is 0 Å². The minimum absolute atomic E-state index is 0.146. The lowest BCUT2D eigenvalue weighted by atomic mass is 9.48. The summed E-state index contributed by atoms with van der Waals surface area (Å²) >= 11 is 0. The highest BCUT2D eigenvalue weighted by molar-refractivity contribution is 5.94. The molecule has 0 aromatic rings. The maximum absolute atomic E-state index is 14.8. The van der Waals surface area contributed by atoms with Crippen molar-refractivity contribution < 1.29 is 14.3 Å². The van der Waals surface area contributed by atoms with Crippen LogP contribution in [0.3, 0.4) is 0 Å². The molecule has 3 heteroatoms. The monoisotopic (exact) mass is 320 g/mol. The second-order valence-electron chi connectivity index (χ2n) is 9.34. The van der Waals surface area contributed by atoms with E-state index in [0.717, 1.165) is 38.5 Å². The van der Waals surface area contributed by atoms with Gasteiger partial charge in [0.1, 0.15) is 0 Å². The Labute approximate surface area is 138 Å². The van der Waals surface area contributed by atoms with Gasteiger partial charge in [-0.05, 0) is 75.0 Å². The molecule has 4 aliphatic carbocycles. The molecule has 0 aromatic carbocycles. The normalized spacial score (nSPS) is 55.7. The topological polar surface area (TPSA) is 37.3 Å². The third-order valence-corrected chi connectivity index (χ3v) is 8.06. The number of alkyl halides is 1. The van der Waals surface area contributed by atoms with Gasteiger partial charge < -0.3 is 5.11 Å². The number of Topliss-reactive ketones (excluding diaryl/α,β-unsaturated/α-hetero) is 1. The molecule has 128 valence electrons. The van der Waals surface area contributed by atoms with Gasteiger partial charge in [0.25, 0.3) is 0 Å². The highest BCUT2D eigenvalue weighted by Crippen LogP contribution is 2.65. The van der Waals surface area contributed by atoms with Crippen LogP contribution in [0.15, 0.2) is 11.6 Å². The Morgan fingerprint density at radius 2 is 1.83 bits per heavy atom. The van der Waals surface area contributed by atoms with Crippen LogP contribution < -0.4 is 0 Å². The van der Waals surface area contributed by atoms with E-state index >= 15 is 0 Å². The quantitative estimate of drug-likeness (QED) is 0.679. The number of ketones is 1. The molecule has 3 fully saturated rings. The zero-order chi connectivity index (χ0) is 16.6. The van der Waals surface area contributed by atoms with E-state index in [1.807, 2.05) is 6.92 Å². The van der Waals surface area contributed by atoms with Crippen LogP contribution in [-0.2, 0) is 4.79 Å². The van der Waals surface area contributed by atoms with Crippen molar-refractivity contribution in [2.45, 2.75) is 77.5 Å². The molecule has 1 N–H and O–H groups in total. The molecule has 0 spiro atoms. The van der Waals surface area contributed by atoms with Gasteiger partial charge in [0, 0.05) is 5.41 Å². The second kappa shape index (κ2) is 4.68. The lowest BCUT2D eigenvalue weighted by Crippen LogP contribution is -2.50. The number of carbonyl (C=O) groups excluding carboxylic acids is 1. The van der Waals surface area contributed by atoms with Crippen LogP contribution in [-0.4, -0.2) is 22.7 Å². The molecule has 0 amide bonds. The van der Waals surface area contributed by atoms with E-state index in [9.17, 15) is 14.3 Å². The third-order valence-electron chi connectivity index (χ3n) is 8.06. The van der Waals surface area contributed by atoms with Gasteiger partial charge in [-0.15, -0.1) is 0 Å². The molecule has 2 unspecified atom stereocenters. The maximum atomic E-state index is 14.8. The van der Waals surface area contributed by atoms with Gasteiger partial charge >= 0.3 is 0 Å². The first kappa shape index (κ1) is 15.8. The van der Waals surface area contributed by atoms with E-state index in [1.54, 1.807) is 0 Å². The smallest absolute Gasteiger partial charge is 0.175 e. The number of halogens is 1. The lowest BCUT2D eigenvalue weighted by molar-refractivity contribution is -0.138. The molecule has 0 saturated heterocycles. The Morgan fingerprint density at radius 1 is 1.13 bits per heavy atom. The zero-order valence-electron chi connectivity index (χ0n) is 14.6. The minimum Gasteiger partial charge on any atom is -0.393 e. The summed E-state index contributed by atoms with van der Waals surface area (Å²) in [6.45, 7) is 5.87. The van der Waals surface area contributed by atoms with Crippen molar-refractivity contribution in [2.75, 3.05) is 0 Å². The summed E-state index contributed by atoms with van der Waals surface area (Å²) in [5, 5.41) is 10.0. The minimum atomic E-state index is -1.64. The number of rotatable bonds is 0. The molecule has 7 atom stereocenters. The Bertz CT molecular complexity index is 580. The highest BCUT2D eigenvalue weighted by atomic mass is 19.1. The first-order chi connectivity index (χ1) is 10.7. The van der Waals surface area contributed by atoms with E-state index < -0.39 is 11.1 Å².